The van der Waals surface area contributed by atoms with Gasteiger partial charge in [-0.15, -0.1) is 11.8 Å². The second-order valence-corrected chi connectivity index (χ2v) is 2.80. The molecule has 0 radical (unpaired) electrons. The fourth-order valence-electron chi connectivity index (χ4n) is 0.702. The van der Waals surface area contributed by atoms with Crippen molar-refractivity contribution in [1.82, 2.24) is 0 Å². The zero-order chi connectivity index (χ0) is 7.56. The molecular weight excluding hydrogens is 149 g/mol. The maximum Gasteiger partial charge on any atom is 0.126 e. The standard InChI is InChI=1S/C7H8FNS/c1-10-7-3-5(8)2-6(9)4-7/h2-4H,9H2,1H3. The van der Waals surface area contributed by atoms with E-state index in [0.29, 0.717) is 5.69 Å². The van der Waals surface area contributed by atoms with Crippen molar-refractivity contribution in [2.24, 2.45) is 0 Å². The highest BCUT2D eigenvalue weighted by atomic mass is 32.2. The normalized spacial score (nSPS) is 9.80. The van der Waals surface area contributed by atoms with Gasteiger partial charge in [-0.25, -0.2) is 4.39 Å². The highest BCUT2D eigenvalue weighted by molar-refractivity contribution is 7.98. The van der Waals surface area contributed by atoms with E-state index in [1.165, 1.54) is 23.9 Å². The fraction of sp³-hybridized carbons (Fsp3) is 0.143. The molecule has 0 bridgehead atoms. The minimum absolute atomic E-state index is 0.274. The Bertz CT molecular complexity index is 217. The van der Waals surface area contributed by atoms with Gasteiger partial charge in [-0.3, -0.25) is 0 Å². The van der Waals surface area contributed by atoms with Crippen LogP contribution >= 0.6 is 11.8 Å². The zero-order valence-corrected chi connectivity index (χ0v) is 6.41. The maximum absolute atomic E-state index is 12.5. The SMILES string of the molecule is CSc1cc(N)cc(F)c1. The lowest BCUT2D eigenvalue weighted by Gasteiger charge is -1.97. The molecule has 1 aromatic carbocycles. The van der Waals surface area contributed by atoms with Crippen LogP contribution in [0.5, 0.6) is 0 Å². The highest BCUT2D eigenvalue weighted by Gasteiger charge is 1.95. The third-order valence-electron chi connectivity index (χ3n) is 1.13. The Balaban J connectivity index is 3.06. The van der Waals surface area contributed by atoms with E-state index in [2.05, 4.69) is 0 Å². The van der Waals surface area contributed by atoms with Crippen molar-refractivity contribution >= 4 is 17.4 Å². The van der Waals surface area contributed by atoms with Gasteiger partial charge in [0.15, 0.2) is 0 Å². The van der Waals surface area contributed by atoms with Gasteiger partial charge in [-0.05, 0) is 24.5 Å². The Labute approximate surface area is 63.4 Å². The number of hydrogen-bond acceptors (Lipinski definition) is 2. The van der Waals surface area contributed by atoms with Crippen LogP contribution in [0, 0.1) is 5.82 Å². The summed E-state index contributed by atoms with van der Waals surface area (Å²) in [5.74, 6) is -0.274. The third-order valence-corrected chi connectivity index (χ3v) is 1.84. The fourth-order valence-corrected chi connectivity index (χ4v) is 1.19. The van der Waals surface area contributed by atoms with E-state index >= 15 is 0 Å². The van der Waals surface area contributed by atoms with E-state index in [0.717, 1.165) is 4.90 Å². The van der Waals surface area contributed by atoms with Crippen LogP contribution in [0.3, 0.4) is 0 Å². The largest absolute Gasteiger partial charge is 0.399 e. The number of rotatable bonds is 1. The average Bonchev–Trinajstić information content (AvgIpc) is 1.85. The molecule has 0 saturated carbocycles. The molecular formula is C7H8FNS. The summed E-state index contributed by atoms with van der Waals surface area (Å²) in [4.78, 5) is 0.859. The molecule has 0 atom stereocenters. The topological polar surface area (TPSA) is 26.0 Å². The van der Waals surface area contributed by atoms with E-state index in [1.807, 2.05) is 6.26 Å². The summed E-state index contributed by atoms with van der Waals surface area (Å²) in [7, 11) is 0. The molecule has 3 heteroatoms. The van der Waals surface area contributed by atoms with Gasteiger partial charge in [-0.1, -0.05) is 0 Å². The molecule has 0 aromatic heterocycles. The summed E-state index contributed by atoms with van der Waals surface area (Å²) in [5, 5.41) is 0. The third kappa shape index (κ3) is 1.64. The van der Waals surface area contributed by atoms with Crippen LogP contribution in [-0.2, 0) is 0 Å². The number of nitrogen functional groups attached to an aromatic ring is 1. The van der Waals surface area contributed by atoms with Gasteiger partial charge in [0.05, 0.1) is 0 Å². The van der Waals surface area contributed by atoms with Crippen LogP contribution < -0.4 is 5.73 Å². The highest BCUT2D eigenvalue weighted by Crippen LogP contribution is 2.18. The maximum atomic E-state index is 12.5. The van der Waals surface area contributed by atoms with Gasteiger partial charge >= 0.3 is 0 Å². The summed E-state index contributed by atoms with van der Waals surface area (Å²) >= 11 is 1.48. The number of anilines is 1. The summed E-state index contributed by atoms with van der Waals surface area (Å²) in [6.07, 6.45) is 1.88. The monoisotopic (exact) mass is 157 g/mol. The van der Waals surface area contributed by atoms with Gasteiger partial charge in [-0.2, -0.15) is 0 Å². The molecule has 0 heterocycles. The molecule has 1 nitrogen and oxygen atoms in total. The Morgan fingerprint density at radius 2 is 2.10 bits per heavy atom. The smallest absolute Gasteiger partial charge is 0.126 e. The molecule has 0 unspecified atom stereocenters. The summed E-state index contributed by atoms with van der Waals surface area (Å²) in [6.45, 7) is 0. The van der Waals surface area contributed by atoms with Crippen molar-refractivity contribution in [1.29, 1.82) is 0 Å². The van der Waals surface area contributed by atoms with Crippen molar-refractivity contribution < 1.29 is 4.39 Å². The van der Waals surface area contributed by atoms with Crippen molar-refractivity contribution in [2.75, 3.05) is 12.0 Å². The van der Waals surface area contributed by atoms with E-state index in [1.54, 1.807) is 6.07 Å². The Hall–Kier alpha value is -0.700. The number of halogens is 1. The molecule has 0 aliphatic heterocycles. The van der Waals surface area contributed by atoms with E-state index in [9.17, 15) is 4.39 Å². The van der Waals surface area contributed by atoms with E-state index < -0.39 is 0 Å². The minimum Gasteiger partial charge on any atom is -0.399 e. The molecule has 1 rings (SSSR count). The van der Waals surface area contributed by atoms with Crippen LogP contribution in [0.15, 0.2) is 23.1 Å². The van der Waals surface area contributed by atoms with Gasteiger partial charge in [0, 0.05) is 10.6 Å². The van der Waals surface area contributed by atoms with Gasteiger partial charge in [0.2, 0.25) is 0 Å². The number of benzene rings is 1. The molecule has 1 aromatic rings. The van der Waals surface area contributed by atoms with E-state index in [4.69, 9.17) is 5.73 Å². The van der Waals surface area contributed by atoms with Crippen LogP contribution in [0.2, 0.25) is 0 Å². The molecule has 0 aliphatic carbocycles. The average molecular weight is 157 g/mol. The molecule has 0 amide bonds. The van der Waals surface area contributed by atoms with Crippen LogP contribution in [-0.4, -0.2) is 6.26 Å². The second-order valence-electron chi connectivity index (χ2n) is 1.92. The Morgan fingerprint density at radius 3 is 2.60 bits per heavy atom. The first kappa shape index (κ1) is 7.41. The lowest BCUT2D eigenvalue weighted by Crippen LogP contribution is -1.86. The number of hydrogen-bond donors (Lipinski definition) is 1. The van der Waals surface area contributed by atoms with Gasteiger partial charge in [0.1, 0.15) is 5.82 Å². The van der Waals surface area contributed by atoms with Crippen molar-refractivity contribution in [2.45, 2.75) is 4.90 Å². The molecule has 54 valence electrons. The molecule has 0 aliphatic rings. The number of nitrogens with two attached hydrogens (primary N) is 1. The molecule has 0 fully saturated rings. The predicted molar refractivity (Wildman–Crippen MR) is 42.6 cm³/mol. The molecule has 10 heavy (non-hydrogen) atoms. The Morgan fingerprint density at radius 1 is 1.40 bits per heavy atom. The van der Waals surface area contributed by atoms with Crippen molar-refractivity contribution in [3.8, 4) is 0 Å². The summed E-state index contributed by atoms with van der Waals surface area (Å²) in [5.41, 5.74) is 5.86. The zero-order valence-electron chi connectivity index (χ0n) is 5.60. The summed E-state index contributed by atoms with van der Waals surface area (Å²) < 4.78 is 12.5. The van der Waals surface area contributed by atoms with Crippen molar-refractivity contribution in [3.05, 3.63) is 24.0 Å². The Kier molecular flexibility index (Phi) is 2.17. The molecule has 2 N–H and O–H groups in total. The second kappa shape index (κ2) is 2.92. The lowest BCUT2D eigenvalue weighted by atomic mass is 10.3. The van der Waals surface area contributed by atoms with E-state index in [-0.39, 0.29) is 5.82 Å². The number of thioether (sulfide) groups is 1. The van der Waals surface area contributed by atoms with Gasteiger partial charge < -0.3 is 5.73 Å². The quantitative estimate of drug-likeness (QED) is 0.499. The lowest BCUT2D eigenvalue weighted by molar-refractivity contribution is 0.625. The van der Waals surface area contributed by atoms with Crippen LogP contribution in [0.4, 0.5) is 10.1 Å². The minimum atomic E-state index is -0.274. The van der Waals surface area contributed by atoms with Crippen LogP contribution in [0.25, 0.3) is 0 Å². The van der Waals surface area contributed by atoms with Gasteiger partial charge in [0.25, 0.3) is 0 Å². The molecule has 0 saturated heterocycles. The summed E-state index contributed by atoms with van der Waals surface area (Å²) in [6, 6.07) is 4.51. The first-order valence-electron chi connectivity index (χ1n) is 2.82. The predicted octanol–water partition coefficient (Wildman–Crippen LogP) is 2.13. The van der Waals surface area contributed by atoms with Crippen molar-refractivity contribution in [3.63, 3.8) is 0 Å². The first-order chi connectivity index (χ1) is 4.72. The first-order valence-corrected chi connectivity index (χ1v) is 4.05. The van der Waals surface area contributed by atoms with Crippen LogP contribution in [0.1, 0.15) is 0 Å². The molecule has 0 spiro atoms.